The van der Waals surface area contributed by atoms with Gasteiger partial charge in [0, 0.05) is 11.5 Å². The lowest BCUT2D eigenvalue weighted by Gasteiger charge is -2.32. The number of carbonyl (C=O) groups is 1. The fourth-order valence-electron chi connectivity index (χ4n) is 5.20. The summed E-state index contributed by atoms with van der Waals surface area (Å²) in [6.07, 6.45) is 10.9. The van der Waals surface area contributed by atoms with Crippen molar-refractivity contribution in [1.29, 1.82) is 0 Å². The van der Waals surface area contributed by atoms with Crippen molar-refractivity contribution in [2.24, 2.45) is 5.92 Å². The number of allylic oxidation sites excluding steroid dienone is 3. The number of benzene rings is 1. The van der Waals surface area contributed by atoms with Crippen LogP contribution in [0.3, 0.4) is 0 Å². The van der Waals surface area contributed by atoms with Crippen LogP contribution in [-0.2, 0) is 24.8 Å². The topological polar surface area (TPSA) is 102 Å². The lowest BCUT2D eigenvalue weighted by atomic mass is 9.73. The lowest BCUT2D eigenvalue weighted by Crippen LogP contribution is -2.31. The molecule has 1 aromatic rings. The van der Waals surface area contributed by atoms with Gasteiger partial charge in [0.2, 0.25) is 0 Å². The molecule has 7 nitrogen and oxygen atoms in total. The number of ether oxygens (including phenoxy) is 1. The quantitative estimate of drug-likeness (QED) is 0.0755. The summed E-state index contributed by atoms with van der Waals surface area (Å²) in [6.45, 7) is 12.5. The van der Waals surface area contributed by atoms with E-state index in [1.807, 2.05) is 13.8 Å². The average molecular weight is 549 g/mol. The van der Waals surface area contributed by atoms with Crippen LogP contribution >= 0.6 is 7.82 Å². The van der Waals surface area contributed by atoms with Gasteiger partial charge < -0.3 is 14.7 Å². The molecule has 3 atom stereocenters. The van der Waals surface area contributed by atoms with Crippen molar-refractivity contribution in [2.45, 2.75) is 110 Å². The predicted octanol–water partition coefficient (Wildman–Crippen LogP) is 7.90. The smallest absolute Gasteiger partial charge is 0.473 e. The van der Waals surface area contributed by atoms with Crippen molar-refractivity contribution in [3.8, 4) is 11.5 Å². The fraction of sp³-hybridized carbons (Fsp3) is 0.633. The molecule has 0 radical (unpaired) electrons. The van der Waals surface area contributed by atoms with Crippen molar-refractivity contribution in [3.05, 3.63) is 47.1 Å². The van der Waals surface area contributed by atoms with E-state index in [4.69, 9.17) is 13.8 Å². The van der Waals surface area contributed by atoms with Gasteiger partial charge in [-0.2, -0.15) is 0 Å². The Bertz CT molecular complexity index is 1070. The SMILES string of the molecule is C=C(C)[C@@H]1CCC(C)=C[C@H]1c1c(O)cc(CCC)cc1OC(=O)C1(OP(=O)(O)OCCCCCCC)CC1. The number of rotatable bonds is 15. The summed E-state index contributed by atoms with van der Waals surface area (Å²) in [4.78, 5) is 23.7. The summed E-state index contributed by atoms with van der Waals surface area (Å²) >= 11 is 0. The summed E-state index contributed by atoms with van der Waals surface area (Å²) in [5.41, 5.74) is 2.08. The van der Waals surface area contributed by atoms with Crippen LogP contribution in [0, 0.1) is 5.92 Å². The van der Waals surface area contributed by atoms with Gasteiger partial charge in [-0.3, -0.25) is 9.05 Å². The van der Waals surface area contributed by atoms with Crippen LogP contribution in [0.5, 0.6) is 11.5 Å². The van der Waals surface area contributed by atoms with E-state index in [1.54, 1.807) is 12.1 Å². The highest BCUT2D eigenvalue weighted by atomic mass is 31.2. The van der Waals surface area contributed by atoms with Gasteiger partial charge in [-0.25, -0.2) is 9.36 Å². The van der Waals surface area contributed by atoms with Crippen LogP contribution in [0.25, 0.3) is 0 Å². The van der Waals surface area contributed by atoms with E-state index in [1.165, 1.54) is 5.57 Å². The number of unbranched alkanes of at least 4 members (excludes halogenated alkanes) is 4. The van der Waals surface area contributed by atoms with Gasteiger partial charge >= 0.3 is 13.8 Å². The monoisotopic (exact) mass is 548 g/mol. The van der Waals surface area contributed by atoms with Crippen molar-refractivity contribution in [1.82, 2.24) is 0 Å². The Balaban J connectivity index is 1.81. The zero-order valence-corrected chi connectivity index (χ0v) is 24.4. The lowest BCUT2D eigenvalue weighted by molar-refractivity contribution is -0.145. The summed E-state index contributed by atoms with van der Waals surface area (Å²) in [7, 11) is -4.44. The normalized spacial score (nSPS) is 21.9. The highest BCUT2D eigenvalue weighted by Gasteiger charge is 2.58. The molecule has 0 amide bonds. The second kappa shape index (κ2) is 13.4. The Hall–Kier alpha value is -1.92. The van der Waals surface area contributed by atoms with Crippen LogP contribution in [0.4, 0.5) is 0 Å². The molecular weight excluding hydrogens is 503 g/mol. The van der Waals surface area contributed by atoms with Gasteiger partial charge in [0.15, 0.2) is 5.60 Å². The predicted molar refractivity (Wildman–Crippen MR) is 149 cm³/mol. The number of aryl methyl sites for hydroxylation is 1. The van der Waals surface area contributed by atoms with Crippen LogP contribution < -0.4 is 4.74 Å². The van der Waals surface area contributed by atoms with E-state index < -0.39 is 19.4 Å². The molecule has 0 spiro atoms. The van der Waals surface area contributed by atoms with E-state index in [0.717, 1.165) is 56.1 Å². The largest absolute Gasteiger partial charge is 0.507 e. The standard InChI is InChI=1S/C30H45O7P/c1-6-8-9-10-11-17-35-38(33,34)37-30(15-16-30)29(32)36-27-20-23(12-7-2)19-26(31)28(27)25-18-22(5)13-14-24(25)21(3)4/h18-20,24-25,31H,3,6-17H2,1-2,4-5H3,(H,33,34)/t24-,25+/m0/s1. The molecule has 0 aromatic heterocycles. The molecule has 1 aromatic carbocycles. The third kappa shape index (κ3) is 8.05. The zero-order valence-electron chi connectivity index (χ0n) is 23.5. The number of phosphoric ester groups is 1. The Kier molecular flexibility index (Phi) is 10.8. The van der Waals surface area contributed by atoms with Crippen LogP contribution in [0.1, 0.15) is 109 Å². The van der Waals surface area contributed by atoms with Crippen molar-refractivity contribution in [3.63, 3.8) is 0 Å². The third-order valence-corrected chi connectivity index (χ3v) is 8.59. The Morgan fingerprint density at radius 2 is 1.87 bits per heavy atom. The van der Waals surface area contributed by atoms with Gasteiger partial charge in [0.25, 0.3) is 0 Å². The van der Waals surface area contributed by atoms with E-state index >= 15 is 0 Å². The Morgan fingerprint density at radius 3 is 2.50 bits per heavy atom. The summed E-state index contributed by atoms with van der Waals surface area (Å²) in [6, 6.07) is 3.54. The number of carbonyl (C=O) groups excluding carboxylic acids is 1. The number of aromatic hydroxyl groups is 1. The van der Waals surface area contributed by atoms with Gasteiger partial charge in [-0.1, -0.05) is 69.8 Å². The number of phenolic OH excluding ortho intramolecular Hbond substituents is 1. The molecule has 0 bridgehead atoms. The van der Waals surface area contributed by atoms with Gasteiger partial charge in [0.1, 0.15) is 11.5 Å². The number of hydrogen-bond donors (Lipinski definition) is 2. The van der Waals surface area contributed by atoms with Crippen molar-refractivity contribution >= 4 is 13.8 Å². The van der Waals surface area contributed by atoms with E-state index in [0.29, 0.717) is 18.4 Å². The summed E-state index contributed by atoms with van der Waals surface area (Å²) in [5.74, 6) is -0.508. The highest BCUT2D eigenvalue weighted by molar-refractivity contribution is 7.47. The number of esters is 1. The van der Waals surface area contributed by atoms with Gasteiger partial charge in [-0.05, 0) is 76.0 Å². The van der Waals surface area contributed by atoms with E-state index in [2.05, 4.69) is 26.5 Å². The fourth-order valence-corrected chi connectivity index (χ4v) is 6.31. The molecule has 1 saturated carbocycles. The molecule has 1 unspecified atom stereocenters. The molecule has 0 saturated heterocycles. The first kappa shape index (κ1) is 30.6. The molecule has 38 heavy (non-hydrogen) atoms. The Morgan fingerprint density at radius 1 is 1.16 bits per heavy atom. The molecule has 2 N–H and O–H groups in total. The maximum absolute atomic E-state index is 13.4. The maximum atomic E-state index is 13.4. The minimum atomic E-state index is -4.44. The average Bonchev–Trinajstić information content (AvgIpc) is 3.61. The van der Waals surface area contributed by atoms with E-state index in [-0.39, 0.29) is 42.8 Å². The first-order chi connectivity index (χ1) is 18.0. The number of phenols is 1. The molecule has 0 aliphatic heterocycles. The summed E-state index contributed by atoms with van der Waals surface area (Å²) in [5, 5.41) is 11.1. The number of hydrogen-bond acceptors (Lipinski definition) is 6. The highest BCUT2D eigenvalue weighted by Crippen LogP contribution is 2.56. The molecule has 1 fully saturated rings. The molecule has 2 aliphatic carbocycles. The van der Waals surface area contributed by atoms with Gasteiger partial charge in [0.05, 0.1) is 6.61 Å². The van der Waals surface area contributed by atoms with Crippen molar-refractivity contribution in [2.75, 3.05) is 6.61 Å². The molecular formula is C30H45O7P. The molecule has 8 heteroatoms. The van der Waals surface area contributed by atoms with Crippen molar-refractivity contribution < 1.29 is 33.1 Å². The second-order valence-corrected chi connectivity index (χ2v) is 12.4. The minimum absolute atomic E-state index is 0.0750. The zero-order chi connectivity index (χ0) is 27.9. The third-order valence-electron chi connectivity index (χ3n) is 7.50. The first-order valence-corrected chi connectivity index (χ1v) is 15.6. The first-order valence-electron chi connectivity index (χ1n) is 14.1. The molecule has 3 rings (SSSR count). The van der Waals surface area contributed by atoms with Crippen LogP contribution in [0.15, 0.2) is 35.9 Å². The van der Waals surface area contributed by atoms with Gasteiger partial charge in [-0.15, -0.1) is 0 Å². The molecule has 2 aliphatic rings. The van der Waals surface area contributed by atoms with Crippen LogP contribution in [0.2, 0.25) is 0 Å². The molecule has 212 valence electrons. The van der Waals surface area contributed by atoms with Crippen LogP contribution in [-0.4, -0.2) is 28.2 Å². The Labute approximate surface area is 227 Å². The summed E-state index contributed by atoms with van der Waals surface area (Å²) < 4.78 is 29.1. The van der Waals surface area contributed by atoms with E-state index in [9.17, 15) is 19.4 Å². The maximum Gasteiger partial charge on any atom is 0.473 e. The molecule has 0 heterocycles. The minimum Gasteiger partial charge on any atom is -0.507 e. The number of phosphoric acid groups is 1. The second-order valence-electron chi connectivity index (χ2n) is 11.0.